The van der Waals surface area contributed by atoms with Crippen LogP contribution in [-0.4, -0.2) is 39.1 Å². The number of nitrogens with one attached hydrogen (secondary N) is 1. The fourth-order valence-electron chi connectivity index (χ4n) is 1.92. The van der Waals surface area contributed by atoms with E-state index in [2.05, 4.69) is 10.3 Å². The fourth-order valence-corrected chi connectivity index (χ4v) is 3.32. The molecule has 114 valence electrons. The smallest absolute Gasteiger partial charge is 0.232 e. The summed E-state index contributed by atoms with van der Waals surface area (Å²) in [4.78, 5) is 4.44. The van der Waals surface area contributed by atoms with Crippen LogP contribution >= 0.6 is 11.8 Å². The van der Waals surface area contributed by atoms with E-state index in [0.29, 0.717) is 5.69 Å². The van der Waals surface area contributed by atoms with E-state index in [4.69, 9.17) is 0 Å². The molecule has 1 aromatic carbocycles. The first-order chi connectivity index (χ1) is 9.93. The first-order valence-electron chi connectivity index (χ1n) is 6.57. The van der Waals surface area contributed by atoms with Gasteiger partial charge in [0.25, 0.3) is 0 Å². The number of anilines is 2. The lowest BCUT2D eigenvalue weighted by atomic mass is 10.2. The lowest BCUT2D eigenvalue weighted by Crippen LogP contribution is -2.26. The number of sulfonamides is 1. The predicted molar refractivity (Wildman–Crippen MR) is 91.8 cm³/mol. The molecule has 1 N–H and O–H groups in total. The van der Waals surface area contributed by atoms with Gasteiger partial charge in [0, 0.05) is 19.3 Å². The third-order valence-electron chi connectivity index (χ3n) is 3.11. The molecule has 2 rings (SSSR count). The van der Waals surface area contributed by atoms with E-state index < -0.39 is 10.0 Å². The highest BCUT2D eigenvalue weighted by molar-refractivity contribution is 8.14. The highest BCUT2D eigenvalue weighted by Crippen LogP contribution is 2.29. The molecule has 7 heteroatoms. The Bertz CT molecular complexity index is 681. The van der Waals surface area contributed by atoms with Crippen molar-refractivity contribution in [1.29, 1.82) is 0 Å². The van der Waals surface area contributed by atoms with Crippen LogP contribution in [0.4, 0.5) is 11.4 Å². The van der Waals surface area contributed by atoms with Crippen molar-refractivity contribution in [1.82, 2.24) is 0 Å². The molecule has 0 unspecified atom stereocenters. The Balaban J connectivity index is 2.32. The van der Waals surface area contributed by atoms with Crippen LogP contribution in [0.3, 0.4) is 0 Å². The van der Waals surface area contributed by atoms with E-state index in [-0.39, 0.29) is 0 Å². The highest BCUT2D eigenvalue weighted by atomic mass is 32.2. The first kappa shape index (κ1) is 15.9. The second-order valence-corrected chi connectivity index (χ2v) is 7.71. The van der Waals surface area contributed by atoms with Gasteiger partial charge in [-0.05, 0) is 19.1 Å². The van der Waals surface area contributed by atoms with Gasteiger partial charge in [0.1, 0.15) is 5.04 Å². The quantitative estimate of drug-likeness (QED) is 0.904. The lowest BCUT2D eigenvalue weighted by molar-refractivity contribution is 0.600. The minimum Gasteiger partial charge on any atom is -0.352 e. The lowest BCUT2D eigenvalue weighted by Gasteiger charge is -2.21. The van der Waals surface area contributed by atoms with Crippen LogP contribution in [-0.2, 0) is 10.0 Å². The van der Waals surface area contributed by atoms with Gasteiger partial charge in [-0.3, -0.25) is 9.30 Å². The van der Waals surface area contributed by atoms with Gasteiger partial charge in [-0.2, -0.15) is 0 Å². The number of rotatable bonds is 5. The zero-order chi connectivity index (χ0) is 15.5. The summed E-state index contributed by atoms with van der Waals surface area (Å²) >= 11 is 1.70. The molecule has 0 aliphatic carbocycles. The summed E-state index contributed by atoms with van der Waals surface area (Å²) in [6.45, 7) is 2.76. The number of para-hydroxylation sites is 2. The average molecular weight is 325 g/mol. The summed E-state index contributed by atoms with van der Waals surface area (Å²) in [6, 6.07) is 7.33. The highest BCUT2D eigenvalue weighted by Gasteiger charge is 2.18. The number of hydrogen-bond acceptors (Lipinski definition) is 5. The molecule has 0 saturated heterocycles. The largest absolute Gasteiger partial charge is 0.352 e. The van der Waals surface area contributed by atoms with Crippen LogP contribution in [0, 0.1) is 0 Å². The molecular formula is C14H19N3O2S2. The molecule has 0 saturated carbocycles. The molecule has 0 bridgehead atoms. The van der Waals surface area contributed by atoms with Crippen LogP contribution < -0.4 is 9.62 Å². The van der Waals surface area contributed by atoms with Gasteiger partial charge >= 0.3 is 0 Å². The number of aliphatic imine (C=N–C) groups is 1. The Morgan fingerprint density at radius 1 is 1.43 bits per heavy atom. The van der Waals surface area contributed by atoms with E-state index in [1.54, 1.807) is 24.9 Å². The third-order valence-corrected chi connectivity index (χ3v) is 5.32. The fraction of sp³-hybridized carbons (Fsp3) is 0.357. The van der Waals surface area contributed by atoms with Gasteiger partial charge in [0.2, 0.25) is 10.0 Å². The summed E-state index contributed by atoms with van der Waals surface area (Å²) in [5, 5.41) is 4.26. The maximum Gasteiger partial charge on any atom is 0.232 e. The summed E-state index contributed by atoms with van der Waals surface area (Å²) in [7, 11) is -1.75. The SMILES string of the molecule is C/C=C(\Nc1ccccc1N(C)S(C)(=O)=O)C1=NCCS1. The molecule has 1 heterocycles. The summed E-state index contributed by atoms with van der Waals surface area (Å²) < 4.78 is 24.8. The van der Waals surface area contributed by atoms with Crippen molar-refractivity contribution in [2.75, 3.05) is 35.2 Å². The van der Waals surface area contributed by atoms with Crippen molar-refractivity contribution in [3.8, 4) is 0 Å². The Kier molecular flexibility index (Phi) is 4.95. The van der Waals surface area contributed by atoms with Crippen LogP contribution in [0.2, 0.25) is 0 Å². The van der Waals surface area contributed by atoms with E-state index >= 15 is 0 Å². The topological polar surface area (TPSA) is 61.8 Å². The average Bonchev–Trinajstić information content (AvgIpc) is 2.97. The third kappa shape index (κ3) is 3.79. The molecule has 0 atom stereocenters. The number of hydrogen-bond donors (Lipinski definition) is 1. The van der Waals surface area contributed by atoms with Crippen molar-refractivity contribution in [3.63, 3.8) is 0 Å². The number of nitrogens with zero attached hydrogens (tertiary/aromatic N) is 2. The molecule has 0 fully saturated rings. The molecule has 21 heavy (non-hydrogen) atoms. The Morgan fingerprint density at radius 3 is 2.71 bits per heavy atom. The molecule has 0 aromatic heterocycles. The summed E-state index contributed by atoms with van der Waals surface area (Å²) in [6.07, 6.45) is 3.14. The van der Waals surface area contributed by atoms with E-state index in [9.17, 15) is 8.42 Å². The predicted octanol–water partition coefficient (Wildman–Crippen LogP) is 2.54. The van der Waals surface area contributed by atoms with Crippen molar-refractivity contribution in [2.24, 2.45) is 4.99 Å². The summed E-state index contributed by atoms with van der Waals surface area (Å²) in [5.41, 5.74) is 2.27. The molecule has 0 amide bonds. The zero-order valence-corrected chi connectivity index (χ0v) is 14.0. The van der Waals surface area contributed by atoms with Gasteiger partial charge in [-0.1, -0.05) is 18.2 Å². The van der Waals surface area contributed by atoms with Crippen molar-refractivity contribution < 1.29 is 8.42 Å². The molecule has 0 radical (unpaired) electrons. The van der Waals surface area contributed by atoms with Crippen molar-refractivity contribution >= 4 is 38.2 Å². The van der Waals surface area contributed by atoms with Gasteiger partial charge in [0.05, 0.1) is 23.3 Å². The maximum atomic E-state index is 11.8. The second kappa shape index (κ2) is 6.53. The molecule has 0 spiro atoms. The maximum absolute atomic E-state index is 11.8. The van der Waals surface area contributed by atoms with Crippen LogP contribution in [0.15, 0.2) is 41.0 Å². The number of allylic oxidation sites excluding steroid dienone is 1. The number of thioether (sulfide) groups is 1. The van der Waals surface area contributed by atoms with Gasteiger partial charge in [-0.15, -0.1) is 11.8 Å². The minimum atomic E-state index is -3.30. The van der Waals surface area contributed by atoms with Gasteiger partial charge < -0.3 is 5.32 Å². The van der Waals surface area contributed by atoms with E-state index in [1.807, 2.05) is 31.2 Å². The second-order valence-electron chi connectivity index (χ2n) is 4.61. The Hall–Kier alpha value is -1.47. The van der Waals surface area contributed by atoms with Gasteiger partial charge in [-0.25, -0.2) is 8.42 Å². The monoisotopic (exact) mass is 325 g/mol. The Labute approximate surface area is 130 Å². The number of benzene rings is 1. The van der Waals surface area contributed by atoms with Crippen molar-refractivity contribution in [2.45, 2.75) is 6.92 Å². The standard InChI is InChI=1S/C14H19N3O2S2/c1-4-11(14-15-9-10-20-14)16-12-7-5-6-8-13(12)17(2)21(3,18)19/h4-8,16H,9-10H2,1-3H3/b11-4-. The minimum absolute atomic E-state index is 0.614. The normalized spacial score (nSPS) is 15.8. The first-order valence-corrected chi connectivity index (χ1v) is 9.40. The molecule has 5 nitrogen and oxygen atoms in total. The molecule has 1 aliphatic heterocycles. The summed E-state index contributed by atoms with van der Waals surface area (Å²) in [5.74, 6) is 0.985. The van der Waals surface area contributed by atoms with Gasteiger partial charge in [0.15, 0.2) is 0 Å². The van der Waals surface area contributed by atoms with Crippen LogP contribution in [0.25, 0.3) is 0 Å². The van der Waals surface area contributed by atoms with Crippen LogP contribution in [0.5, 0.6) is 0 Å². The van der Waals surface area contributed by atoms with Crippen LogP contribution in [0.1, 0.15) is 6.92 Å². The zero-order valence-electron chi connectivity index (χ0n) is 12.3. The molecule has 1 aromatic rings. The molecular weight excluding hydrogens is 306 g/mol. The van der Waals surface area contributed by atoms with E-state index in [1.165, 1.54) is 10.6 Å². The van der Waals surface area contributed by atoms with Crippen molar-refractivity contribution in [3.05, 3.63) is 36.0 Å². The Morgan fingerprint density at radius 2 is 2.14 bits per heavy atom. The van der Waals surface area contributed by atoms with E-state index in [0.717, 1.165) is 28.7 Å². The molecule has 1 aliphatic rings.